The van der Waals surface area contributed by atoms with Crippen LogP contribution in [0, 0.1) is 5.92 Å². The lowest BCUT2D eigenvalue weighted by atomic mass is 10.0. The summed E-state index contributed by atoms with van der Waals surface area (Å²) in [7, 11) is 0. The molecule has 1 N–H and O–H groups in total. The van der Waals surface area contributed by atoms with Gasteiger partial charge in [0, 0.05) is 30.8 Å². The van der Waals surface area contributed by atoms with E-state index in [9.17, 15) is 9.59 Å². The van der Waals surface area contributed by atoms with Crippen LogP contribution in [-0.4, -0.2) is 18.4 Å². The highest BCUT2D eigenvalue weighted by Gasteiger charge is 2.21. The van der Waals surface area contributed by atoms with Crippen molar-refractivity contribution in [2.24, 2.45) is 5.92 Å². The molecule has 21 heavy (non-hydrogen) atoms. The van der Waals surface area contributed by atoms with Crippen molar-refractivity contribution in [1.82, 2.24) is 0 Å². The number of amides is 2. The summed E-state index contributed by atoms with van der Waals surface area (Å²) in [6.07, 6.45) is 7.09. The van der Waals surface area contributed by atoms with Gasteiger partial charge in [-0.25, -0.2) is 0 Å². The largest absolute Gasteiger partial charge is 0.326 e. The molecule has 0 aromatic heterocycles. The van der Waals surface area contributed by atoms with Crippen LogP contribution in [0.15, 0.2) is 24.3 Å². The van der Waals surface area contributed by atoms with Crippen molar-refractivity contribution in [3.63, 3.8) is 0 Å². The Morgan fingerprint density at radius 2 is 1.86 bits per heavy atom. The first-order valence-electron chi connectivity index (χ1n) is 7.92. The van der Waals surface area contributed by atoms with Crippen LogP contribution in [0.4, 0.5) is 11.4 Å². The van der Waals surface area contributed by atoms with Crippen LogP contribution in [0.25, 0.3) is 0 Å². The Morgan fingerprint density at radius 1 is 1.14 bits per heavy atom. The third-order valence-electron chi connectivity index (χ3n) is 4.48. The summed E-state index contributed by atoms with van der Waals surface area (Å²) in [5.41, 5.74) is 1.74. The molecule has 0 radical (unpaired) electrons. The summed E-state index contributed by atoms with van der Waals surface area (Å²) in [5, 5.41) is 2.96. The molecule has 3 rings (SSSR count). The summed E-state index contributed by atoms with van der Waals surface area (Å²) in [6.45, 7) is 0.798. The third kappa shape index (κ3) is 3.43. The van der Waals surface area contributed by atoms with Crippen LogP contribution < -0.4 is 10.2 Å². The lowest BCUT2D eigenvalue weighted by Gasteiger charge is -2.16. The summed E-state index contributed by atoms with van der Waals surface area (Å²) in [5.74, 6) is 0.853. The number of carbonyl (C=O) groups is 2. The highest BCUT2D eigenvalue weighted by molar-refractivity contribution is 5.96. The Bertz CT molecular complexity index is 518. The number of nitrogens with one attached hydrogen (secondary N) is 1. The zero-order chi connectivity index (χ0) is 14.7. The number of carbonyl (C=O) groups excluding carboxylic acids is 2. The molecule has 4 nitrogen and oxygen atoms in total. The van der Waals surface area contributed by atoms with Crippen LogP contribution in [0.3, 0.4) is 0 Å². The van der Waals surface area contributed by atoms with Crippen LogP contribution in [0.5, 0.6) is 0 Å². The van der Waals surface area contributed by atoms with Gasteiger partial charge in [0.1, 0.15) is 0 Å². The highest BCUT2D eigenvalue weighted by atomic mass is 16.2. The molecule has 0 atom stereocenters. The van der Waals surface area contributed by atoms with Gasteiger partial charge in [-0.1, -0.05) is 12.8 Å². The van der Waals surface area contributed by atoms with Gasteiger partial charge >= 0.3 is 0 Å². The maximum Gasteiger partial charge on any atom is 0.227 e. The van der Waals surface area contributed by atoms with Crippen molar-refractivity contribution in [3.8, 4) is 0 Å². The van der Waals surface area contributed by atoms with Gasteiger partial charge in [-0.3, -0.25) is 9.59 Å². The van der Waals surface area contributed by atoms with Crippen LogP contribution >= 0.6 is 0 Å². The molecular formula is C17H22N2O2. The lowest BCUT2D eigenvalue weighted by molar-refractivity contribution is -0.117. The zero-order valence-corrected chi connectivity index (χ0v) is 12.3. The summed E-state index contributed by atoms with van der Waals surface area (Å²) in [6, 6.07) is 7.59. The van der Waals surface area contributed by atoms with Gasteiger partial charge in [-0.15, -0.1) is 0 Å². The third-order valence-corrected chi connectivity index (χ3v) is 4.48. The lowest BCUT2D eigenvalue weighted by Crippen LogP contribution is -2.23. The Morgan fingerprint density at radius 3 is 2.48 bits per heavy atom. The second-order valence-electron chi connectivity index (χ2n) is 6.10. The molecule has 0 bridgehead atoms. The smallest absolute Gasteiger partial charge is 0.227 e. The van der Waals surface area contributed by atoms with Gasteiger partial charge in [0.25, 0.3) is 0 Å². The van der Waals surface area contributed by atoms with E-state index < -0.39 is 0 Å². The minimum atomic E-state index is 0.104. The molecule has 2 amide bonds. The molecule has 1 aliphatic carbocycles. The van der Waals surface area contributed by atoms with Gasteiger partial charge in [-0.2, -0.15) is 0 Å². The predicted molar refractivity (Wildman–Crippen MR) is 83.2 cm³/mol. The average molecular weight is 286 g/mol. The first-order chi connectivity index (χ1) is 10.2. The van der Waals surface area contributed by atoms with Crippen LogP contribution in [0.1, 0.15) is 44.9 Å². The Hall–Kier alpha value is -1.84. The van der Waals surface area contributed by atoms with E-state index in [4.69, 9.17) is 0 Å². The molecule has 1 heterocycles. The Kier molecular flexibility index (Phi) is 4.23. The van der Waals surface area contributed by atoms with Gasteiger partial charge < -0.3 is 10.2 Å². The van der Waals surface area contributed by atoms with Gasteiger partial charge in [0.15, 0.2) is 0 Å². The molecule has 1 aromatic carbocycles. The van der Waals surface area contributed by atoms with Gasteiger partial charge in [-0.05, 0) is 49.4 Å². The number of benzene rings is 1. The van der Waals surface area contributed by atoms with E-state index in [0.717, 1.165) is 24.3 Å². The van der Waals surface area contributed by atoms with Crippen molar-refractivity contribution in [2.75, 3.05) is 16.8 Å². The van der Waals surface area contributed by atoms with Crippen molar-refractivity contribution in [1.29, 1.82) is 0 Å². The molecule has 2 fully saturated rings. The summed E-state index contributed by atoms with van der Waals surface area (Å²) < 4.78 is 0. The number of hydrogen-bond acceptors (Lipinski definition) is 2. The topological polar surface area (TPSA) is 49.4 Å². The molecule has 1 saturated heterocycles. The molecular weight excluding hydrogens is 264 g/mol. The minimum absolute atomic E-state index is 0.104. The van der Waals surface area contributed by atoms with E-state index in [0.29, 0.717) is 18.8 Å². The fraction of sp³-hybridized carbons (Fsp3) is 0.529. The standard InChI is InChI=1S/C17H22N2O2/c20-16(12-13-4-1-2-5-13)18-14-7-9-15(10-8-14)19-11-3-6-17(19)21/h7-10,13H,1-6,11-12H2,(H,18,20). The molecule has 2 aliphatic rings. The van der Waals surface area contributed by atoms with E-state index in [2.05, 4.69) is 5.32 Å². The number of rotatable bonds is 4. The fourth-order valence-electron chi connectivity index (χ4n) is 3.33. The molecule has 1 saturated carbocycles. The quantitative estimate of drug-likeness (QED) is 0.923. The molecule has 1 aliphatic heterocycles. The highest BCUT2D eigenvalue weighted by Crippen LogP contribution is 2.28. The monoisotopic (exact) mass is 286 g/mol. The van der Waals surface area contributed by atoms with Crippen molar-refractivity contribution in [3.05, 3.63) is 24.3 Å². The van der Waals surface area contributed by atoms with Gasteiger partial charge in [0.05, 0.1) is 0 Å². The van der Waals surface area contributed by atoms with E-state index in [-0.39, 0.29) is 11.8 Å². The minimum Gasteiger partial charge on any atom is -0.326 e. The fourth-order valence-corrected chi connectivity index (χ4v) is 3.33. The molecule has 1 aromatic rings. The van der Waals surface area contributed by atoms with Crippen LogP contribution in [0.2, 0.25) is 0 Å². The van der Waals surface area contributed by atoms with E-state index in [1.54, 1.807) is 0 Å². The summed E-state index contributed by atoms with van der Waals surface area (Å²) in [4.78, 5) is 25.5. The van der Waals surface area contributed by atoms with Crippen molar-refractivity contribution < 1.29 is 9.59 Å². The van der Waals surface area contributed by atoms with E-state index in [1.165, 1.54) is 25.7 Å². The maximum absolute atomic E-state index is 12.0. The first-order valence-corrected chi connectivity index (χ1v) is 7.92. The van der Waals surface area contributed by atoms with E-state index in [1.807, 2.05) is 29.2 Å². The second-order valence-corrected chi connectivity index (χ2v) is 6.10. The maximum atomic E-state index is 12.0. The number of nitrogens with zero attached hydrogens (tertiary/aromatic N) is 1. The molecule has 112 valence electrons. The average Bonchev–Trinajstić information content (AvgIpc) is 3.11. The Balaban J connectivity index is 1.56. The van der Waals surface area contributed by atoms with Crippen molar-refractivity contribution >= 4 is 23.2 Å². The first kappa shape index (κ1) is 14.1. The molecule has 0 spiro atoms. The zero-order valence-electron chi connectivity index (χ0n) is 12.3. The van der Waals surface area contributed by atoms with E-state index >= 15 is 0 Å². The number of anilines is 2. The predicted octanol–water partition coefficient (Wildman–Crippen LogP) is 3.33. The normalized spacial score (nSPS) is 19.2. The molecule has 0 unspecified atom stereocenters. The second kappa shape index (κ2) is 6.29. The van der Waals surface area contributed by atoms with Gasteiger partial charge in [0.2, 0.25) is 11.8 Å². The van der Waals surface area contributed by atoms with Crippen molar-refractivity contribution in [2.45, 2.75) is 44.9 Å². The summed E-state index contributed by atoms with van der Waals surface area (Å²) >= 11 is 0. The number of hydrogen-bond donors (Lipinski definition) is 1. The Labute approximate surface area is 125 Å². The molecule has 4 heteroatoms. The van der Waals surface area contributed by atoms with Crippen LogP contribution in [-0.2, 0) is 9.59 Å². The SMILES string of the molecule is O=C(CC1CCCC1)Nc1ccc(N2CCCC2=O)cc1.